The van der Waals surface area contributed by atoms with Gasteiger partial charge in [-0.3, -0.25) is 9.13 Å². The number of nitrogens with zero attached hydrogens (tertiary/aromatic N) is 6. The van der Waals surface area contributed by atoms with E-state index in [2.05, 4.69) is 115 Å². The van der Waals surface area contributed by atoms with Crippen LogP contribution in [-0.4, -0.2) is 27.9 Å². The third kappa shape index (κ3) is 3.29. The molecule has 6 heterocycles. The summed E-state index contributed by atoms with van der Waals surface area (Å²) in [6, 6.07) is 50.0. The van der Waals surface area contributed by atoms with E-state index in [1.807, 2.05) is 48.5 Å². The zero-order valence-electron chi connectivity index (χ0n) is 26.4. The molecule has 0 aliphatic heterocycles. The molecule has 0 unspecified atom stereocenters. The second-order valence-electron chi connectivity index (χ2n) is 12.7. The van der Waals surface area contributed by atoms with Gasteiger partial charge in [0.2, 0.25) is 23.0 Å². The van der Waals surface area contributed by atoms with Gasteiger partial charge in [0, 0.05) is 22.1 Å². The highest BCUT2D eigenvalue weighted by molar-refractivity contribution is 6.09. The lowest BCUT2D eigenvalue weighted by Gasteiger charge is -2.06. The molecule has 8 heteroatoms. The first-order chi connectivity index (χ1) is 24.8. The molecule has 12 aromatic rings. The lowest BCUT2D eigenvalue weighted by Crippen LogP contribution is -1.95. The summed E-state index contributed by atoms with van der Waals surface area (Å²) in [6.07, 6.45) is 0. The monoisotopic (exact) mass is 644 g/mol. The van der Waals surface area contributed by atoms with Crippen molar-refractivity contribution >= 4 is 78.0 Å². The summed E-state index contributed by atoms with van der Waals surface area (Å²) < 4.78 is 22.0. The number of hydrogen-bond donors (Lipinski definition) is 0. The van der Waals surface area contributed by atoms with Gasteiger partial charge < -0.3 is 8.83 Å². The Morgan fingerprint density at radius 2 is 0.840 bits per heavy atom. The average molecular weight is 645 g/mol. The normalized spacial score (nSPS) is 12.4. The first-order valence-electron chi connectivity index (χ1n) is 16.6. The van der Waals surface area contributed by atoms with Crippen LogP contribution in [-0.2, 0) is 0 Å². The van der Waals surface area contributed by atoms with E-state index < -0.39 is 0 Å². The van der Waals surface area contributed by atoms with Crippen molar-refractivity contribution in [1.29, 1.82) is 0 Å². The minimum Gasteiger partial charge on any atom is -0.437 e. The lowest BCUT2D eigenvalue weighted by molar-refractivity contribution is 0.651. The molecule has 6 aromatic heterocycles. The molecule has 0 aliphatic carbocycles. The molecule has 234 valence electrons. The predicted octanol–water partition coefficient (Wildman–Crippen LogP) is 10.3. The van der Waals surface area contributed by atoms with Crippen molar-refractivity contribution in [3.05, 3.63) is 146 Å². The van der Waals surface area contributed by atoms with E-state index in [9.17, 15) is 0 Å². The number of para-hydroxylation sites is 6. The number of rotatable bonds is 3. The molecule has 6 aromatic carbocycles. The van der Waals surface area contributed by atoms with Crippen LogP contribution in [0.5, 0.6) is 0 Å². The molecule has 0 fully saturated rings. The standard InChI is InChI=1S/C42H24N6O2/c1-3-11-27(12-4-1)45-37-29-23-25(19-21-35(29)49-39(37)47-33-17-9-7-15-31(33)43-41(45)47)26-20-22-36-30(24-26)38-40(50-36)48-34-18-10-8-16-32(34)44-42(48)46(38)28-13-5-2-6-14-28/h1-24H. The summed E-state index contributed by atoms with van der Waals surface area (Å²) in [5, 5.41) is 2.04. The van der Waals surface area contributed by atoms with Gasteiger partial charge in [0.1, 0.15) is 22.2 Å². The molecule has 0 radical (unpaired) electrons. The highest BCUT2D eigenvalue weighted by atomic mass is 16.3. The Hall–Kier alpha value is -7.06. The summed E-state index contributed by atoms with van der Waals surface area (Å²) in [5.74, 6) is 1.64. The van der Waals surface area contributed by atoms with Crippen LogP contribution in [0, 0.1) is 0 Å². The maximum Gasteiger partial charge on any atom is 0.232 e. The van der Waals surface area contributed by atoms with E-state index in [0.717, 1.165) is 101 Å². The molecular weight excluding hydrogens is 621 g/mol. The molecule has 0 N–H and O–H groups in total. The highest BCUT2D eigenvalue weighted by Gasteiger charge is 2.25. The van der Waals surface area contributed by atoms with Gasteiger partial charge in [-0.05, 0) is 83.9 Å². The van der Waals surface area contributed by atoms with Gasteiger partial charge in [-0.1, -0.05) is 72.8 Å². The maximum atomic E-state index is 6.64. The second-order valence-corrected chi connectivity index (χ2v) is 12.7. The van der Waals surface area contributed by atoms with Crippen LogP contribution in [0.3, 0.4) is 0 Å². The minimum atomic E-state index is 0.771. The molecule has 0 saturated carbocycles. The van der Waals surface area contributed by atoms with E-state index in [1.54, 1.807) is 0 Å². The molecule has 0 saturated heterocycles. The number of benzene rings is 6. The van der Waals surface area contributed by atoms with Crippen LogP contribution >= 0.6 is 0 Å². The van der Waals surface area contributed by atoms with Crippen LogP contribution in [0.4, 0.5) is 0 Å². The quantitative estimate of drug-likeness (QED) is 0.192. The van der Waals surface area contributed by atoms with Crippen molar-refractivity contribution in [2.24, 2.45) is 0 Å². The third-order valence-corrected chi connectivity index (χ3v) is 9.99. The Bertz CT molecular complexity index is 3090. The van der Waals surface area contributed by atoms with Gasteiger partial charge in [-0.25, -0.2) is 18.8 Å². The molecule has 50 heavy (non-hydrogen) atoms. The number of aromatic nitrogens is 6. The summed E-state index contributed by atoms with van der Waals surface area (Å²) in [7, 11) is 0. The second kappa shape index (κ2) is 9.30. The maximum absolute atomic E-state index is 6.64. The molecule has 12 rings (SSSR count). The smallest absolute Gasteiger partial charge is 0.232 e. The molecule has 0 atom stereocenters. The molecule has 0 amide bonds. The van der Waals surface area contributed by atoms with E-state index in [1.165, 1.54) is 0 Å². The molecule has 0 spiro atoms. The summed E-state index contributed by atoms with van der Waals surface area (Å²) in [4.78, 5) is 10.1. The fourth-order valence-corrected chi connectivity index (χ4v) is 7.81. The van der Waals surface area contributed by atoms with Crippen molar-refractivity contribution in [3.8, 4) is 22.5 Å². The fraction of sp³-hybridized carbons (Fsp3) is 0. The SMILES string of the molecule is c1ccc(-n2c3c4cc(-c5ccc6oc7c(c6c5)n(-c5ccccc5)c5nc6ccccc6n75)ccc4oc3n3c4ccccc4nc23)cc1. The van der Waals surface area contributed by atoms with E-state index in [4.69, 9.17) is 18.8 Å². The first kappa shape index (κ1) is 26.0. The minimum absolute atomic E-state index is 0.771. The topological polar surface area (TPSA) is 70.7 Å². The fourth-order valence-electron chi connectivity index (χ4n) is 7.81. The van der Waals surface area contributed by atoms with Gasteiger partial charge in [-0.2, -0.15) is 0 Å². The van der Waals surface area contributed by atoms with Crippen molar-refractivity contribution in [1.82, 2.24) is 27.9 Å². The third-order valence-electron chi connectivity index (χ3n) is 9.99. The van der Waals surface area contributed by atoms with Crippen molar-refractivity contribution in [2.75, 3.05) is 0 Å². The van der Waals surface area contributed by atoms with Gasteiger partial charge in [0.25, 0.3) is 0 Å². The number of hydrogen-bond acceptors (Lipinski definition) is 4. The Kier molecular flexibility index (Phi) is 4.83. The van der Waals surface area contributed by atoms with Crippen LogP contribution in [0.1, 0.15) is 0 Å². The predicted molar refractivity (Wildman–Crippen MR) is 198 cm³/mol. The molecule has 0 bridgehead atoms. The number of furan rings is 2. The lowest BCUT2D eigenvalue weighted by atomic mass is 10.0. The Morgan fingerprint density at radius 3 is 1.30 bits per heavy atom. The van der Waals surface area contributed by atoms with Crippen LogP contribution in [0.2, 0.25) is 0 Å². The Labute approximate surface area is 282 Å². The Morgan fingerprint density at radius 1 is 0.420 bits per heavy atom. The van der Waals surface area contributed by atoms with Gasteiger partial charge in [0.05, 0.1) is 22.1 Å². The molecule has 8 nitrogen and oxygen atoms in total. The first-order valence-corrected chi connectivity index (χ1v) is 16.6. The largest absolute Gasteiger partial charge is 0.437 e. The van der Waals surface area contributed by atoms with E-state index in [-0.39, 0.29) is 0 Å². The van der Waals surface area contributed by atoms with E-state index in [0.29, 0.717) is 0 Å². The van der Waals surface area contributed by atoms with Crippen molar-refractivity contribution < 1.29 is 8.83 Å². The van der Waals surface area contributed by atoms with Crippen LogP contribution in [0.15, 0.2) is 154 Å². The van der Waals surface area contributed by atoms with Crippen molar-refractivity contribution in [2.45, 2.75) is 0 Å². The van der Waals surface area contributed by atoms with Gasteiger partial charge >= 0.3 is 0 Å². The summed E-state index contributed by atoms with van der Waals surface area (Å²) in [5.41, 5.74) is 13.2. The summed E-state index contributed by atoms with van der Waals surface area (Å²) in [6.45, 7) is 0. The summed E-state index contributed by atoms with van der Waals surface area (Å²) >= 11 is 0. The zero-order valence-corrected chi connectivity index (χ0v) is 26.4. The van der Waals surface area contributed by atoms with Crippen molar-refractivity contribution in [3.63, 3.8) is 0 Å². The van der Waals surface area contributed by atoms with E-state index >= 15 is 0 Å². The van der Waals surface area contributed by atoms with Gasteiger partial charge in [0.15, 0.2) is 0 Å². The number of imidazole rings is 4. The van der Waals surface area contributed by atoms with Crippen LogP contribution in [0.25, 0.3) is 101 Å². The molecular formula is C42H24N6O2. The van der Waals surface area contributed by atoms with Gasteiger partial charge in [-0.15, -0.1) is 0 Å². The average Bonchev–Trinajstić information content (AvgIpc) is 3.99. The Balaban J connectivity index is 1.13. The highest BCUT2D eigenvalue weighted by Crippen LogP contribution is 2.41. The molecule has 0 aliphatic rings. The zero-order chi connectivity index (χ0) is 32.5. The van der Waals surface area contributed by atoms with Crippen LogP contribution < -0.4 is 0 Å². The number of fused-ring (bicyclic) bond motifs is 14.